The van der Waals surface area contributed by atoms with Crippen molar-refractivity contribution in [3.63, 3.8) is 0 Å². The second-order valence-electron chi connectivity index (χ2n) is 6.72. The lowest BCUT2D eigenvalue weighted by atomic mass is 9.99. The molecule has 0 bridgehead atoms. The first-order chi connectivity index (χ1) is 13.6. The standard InChI is InChI=1S/C23H31N3O2/c1-5-18(4)20-10-14-22(15-11-20)28-17-23(27)25-24-16-19-8-12-21(13-9-19)26(6-2)7-3/h8-16,18H,5-7,17H2,1-4H3,(H,25,27)/t18-/m0/s1. The Morgan fingerprint density at radius 3 is 2.29 bits per heavy atom. The lowest BCUT2D eigenvalue weighted by Crippen LogP contribution is -2.24. The average Bonchev–Trinajstić information content (AvgIpc) is 2.74. The van der Waals surface area contributed by atoms with Crippen molar-refractivity contribution in [1.82, 2.24) is 5.43 Å². The first kappa shape index (κ1) is 21.5. The van der Waals surface area contributed by atoms with Crippen LogP contribution in [0.4, 0.5) is 5.69 Å². The van der Waals surface area contributed by atoms with Crippen LogP contribution < -0.4 is 15.1 Å². The van der Waals surface area contributed by atoms with E-state index in [2.05, 4.69) is 55.3 Å². The number of anilines is 1. The van der Waals surface area contributed by atoms with Crippen molar-refractivity contribution in [3.05, 3.63) is 59.7 Å². The number of amides is 1. The van der Waals surface area contributed by atoms with E-state index in [0.29, 0.717) is 11.7 Å². The minimum Gasteiger partial charge on any atom is -0.484 e. The van der Waals surface area contributed by atoms with Crippen molar-refractivity contribution < 1.29 is 9.53 Å². The Morgan fingerprint density at radius 2 is 1.71 bits per heavy atom. The summed E-state index contributed by atoms with van der Waals surface area (Å²) in [7, 11) is 0. The quantitative estimate of drug-likeness (QED) is 0.484. The second-order valence-corrected chi connectivity index (χ2v) is 6.72. The molecular weight excluding hydrogens is 350 g/mol. The van der Waals surface area contributed by atoms with Crippen LogP contribution in [-0.2, 0) is 4.79 Å². The van der Waals surface area contributed by atoms with Crippen molar-refractivity contribution in [3.8, 4) is 5.75 Å². The predicted octanol–water partition coefficient (Wildman–Crippen LogP) is 4.58. The van der Waals surface area contributed by atoms with Crippen molar-refractivity contribution in [2.75, 3.05) is 24.6 Å². The molecule has 5 nitrogen and oxygen atoms in total. The summed E-state index contributed by atoms with van der Waals surface area (Å²) in [4.78, 5) is 14.2. The lowest BCUT2D eigenvalue weighted by Gasteiger charge is -2.20. The highest BCUT2D eigenvalue weighted by Crippen LogP contribution is 2.21. The van der Waals surface area contributed by atoms with E-state index in [1.165, 1.54) is 11.3 Å². The highest BCUT2D eigenvalue weighted by atomic mass is 16.5. The molecule has 0 saturated carbocycles. The van der Waals surface area contributed by atoms with E-state index < -0.39 is 0 Å². The molecule has 2 rings (SSSR count). The summed E-state index contributed by atoms with van der Waals surface area (Å²) in [5.41, 5.74) is 5.88. The second kappa shape index (κ2) is 11.1. The molecule has 2 aromatic rings. The predicted molar refractivity (Wildman–Crippen MR) is 116 cm³/mol. The number of rotatable bonds is 10. The molecule has 1 atom stereocenters. The molecule has 0 fully saturated rings. The first-order valence-electron chi connectivity index (χ1n) is 9.97. The Kier molecular flexibility index (Phi) is 8.53. The zero-order valence-electron chi connectivity index (χ0n) is 17.3. The van der Waals surface area contributed by atoms with Gasteiger partial charge in [0.25, 0.3) is 5.91 Å². The van der Waals surface area contributed by atoms with Gasteiger partial charge in [0.05, 0.1) is 6.21 Å². The highest BCUT2D eigenvalue weighted by molar-refractivity contribution is 5.83. The average molecular weight is 382 g/mol. The number of carbonyl (C=O) groups is 1. The summed E-state index contributed by atoms with van der Waals surface area (Å²) in [5, 5.41) is 4.00. The zero-order valence-corrected chi connectivity index (χ0v) is 17.3. The Bertz CT molecular complexity index is 750. The minimum absolute atomic E-state index is 0.0685. The molecule has 0 spiro atoms. The van der Waals surface area contributed by atoms with Crippen LogP contribution >= 0.6 is 0 Å². The summed E-state index contributed by atoms with van der Waals surface area (Å²) in [6.45, 7) is 10.5. The van der Waals surface area contributed by atoms with E-state index >= 15 is 0 Å². The fraction of sp³-hybridized carbons (Fsp3) is 0.391. The molecule has 0 aliphatic rings. The number of nitrogens with zero attached hydrogens (tertiary/aromatic N) is 2. The molecule has 0 aliphatic carbocycles. The van der Waals surface area contributed by atoms with Gasteiger partial charge in [0.15, 0.2) is 6.61 Å². The molecule has 0 unspecified atom stereocenters. The Labute approximate surface area is 168 Å². The lowest BCUT2D eigenvalue weighted by molar-refractivity contribution is -0.123. The molecule has 1 N–H and O–H groups in total. The summed E-state index contributed by atoms with van der Waals surface area (Å²) in [6.07, 6.45) is 2.73. The summed E-state index contributed by atoms with van der Waals surface area (Å²) < 4.78 is 5.51. The van der Waals surface area contributed by atoms with E-state index in [0.717, 1.165) is 25.1 Å². The molecule has 0 aromatic heterocycles. The SMILES string of the molecule is CC[C@H](C)c1ccc(OCC(=O)NN=Cc2ccc(N(CC)CC)cc2)cc1. The molecule has 28 heavy (non-hydrogen) atoms. The molecule has 1 amide bonds. The van der Waals surface area contributed by atoms with Crippen LogP contribution in [0.2, 0.25) is 0 Å². The molecule has 0 radical (unpaired) electrons. The van der Waals surface area contributed by atoms with Gasteiger partial charge < -0.3 is 9.64 Å². The summed E-state index contributed by atoms with van der Waals surface area (Å²) in [6, 6.07) is 16.0. The third kappa shape index (κ3) is 6.41. The Balaban J connectivity index is 1.79. The van der Waals surface area contributed by atoms with Gasteiger partial charge in [0, 0.05) is 18.8 Å². The third-order valence-corrected chi connectivity index (χ3v) is 4.86. The first-order valence-corrected chi connectivity index (χ1v) is 9.97. The Hall–Kier alpha value is -2.82. The zero-order chi connectivity index (χ0) is 20.4. The largest absolute Gasteiger partial charge is 0.484 e. The van der Waals surface area contributed by atoms with Gasteiger partial charge in [-0.05, 0) is 61.6 Å². The van der Waals surface area contributed by atoms with Gasteiger partial charge in [-0.15, -0.1) is 0 Å². The molecule has 5 heteroatoms. The van der Waals surface area contributed by atoms with E-state index in [1.54, 1.807) is 6.21 Å². The number of nitrogens with one attached hydrogen (secondary N) is 1. The molecule has 0 heterocycles. The maximum atomic E-state index is 11.9. The smallest absolute Gasteiger partial charge is 0.277 e. The fourth-order valence-corrected chi connectivity index (χ4v) is 2.85. The van der Waals surface area contributed by atoms with Crippen LogP contribution in [-0.4, -0.2) is 31.8 Å². The molecule has 2 aromatic carbocycles. The van der Waals surface area contributed by atoms with Gasteiger partial charge in [0.2, 0.25) is 0 Å². The normalized spacial score (nSPS) is 12.0. The van der Waals surface area contributed by atoms with Crippen LogP contribution in [0.5, 0.6) is 5.75 Å². The number of ether oxygens (including phenoxy) is 1. The van der Waals surface area contributed by atoms with Gasteiger partial charge >= 0.3 is 0 Å². The molecule has 0 aliphatic heterocycles. The van der Waals surface area contributed by atoms with Crippen molar-refractivity contribution in [2.24, 2.45) is 5.10 Å². The maximum Gasteiger partial charge on any atom is 0.277 e. The number of carbonyl (C=O) groups excluding carboxylic acids is 1. The third-order valence-electron chi connectivity index (χ3n) is 4.86. The Morgan fingerprint density at radius 1 is 1.07 bits per heavy atom. The summed E-state index contributed by atoms with van der Waals surface area (Å²) in [5.74, 6) is 0.910. The van der Waals surface area contributed by atoms with Gasteiger partial charge in [-0.1, -0.05) is 38.1 Å². The van der Waals surface area contributed by atoms with Crippen LogP contribution in [0, 0.1) is 0 Å². The monoisotopic (exact) mass is 381 g/mol. The van der Waals surface area contributed by atoms with Crippen LogP contribution in [0.1, 0.15) is 51.2 Å². The van der Waals surface area contributed by atoms with E-state index in [-0.39, 0.29) is 12.5 Å². The van der Waals surface area contributed by atoms with E-state index in [1.807, 2.05) is 36.4 Å². The number of hydrogen-bond acceptors (Lipinski definition) is 4. The highest BCUT2D eigenvalue weighted by Gasteiger charge is 2.05. The molecule has 0 saturated heterocycles. The van der Waals surface area contributed by atoms with Gasteiger partial charge in [-0.2, -0.15) is 5.10 Å². The van der Waals surface area contributed by atoms with Crippen LogP contribution in [0.15, 0.2) is 53.6 Å². The maximum absolute atomic E-state index is 11.9. The van der Waals surface area contributed by atoms with E-state index in [4.69, 9.17) is 4.74 Å². The van der Waals surface area contributed by atoms with E-state index in [9.17, 15) is 4.79 Å². The molecule has 150 valence electrons. The van der Waals surface area contributed by atoms with Crippen molar-refractivity contribution >= 4 is 17.8 Å². The van der Waals surface area contributed by atoms with Crippen LogP contribution in [0.3, 0.4) is 0 Å². The topological polar surface area (TPSA) is 53.9 Å². The molecular formula is C23H31N3O2. The van der Waals surface area contributed by atoms with Gasteiger partial charge in [0.1, 0.15) is 5.75 Å². The number of hydrazone groups is 1. The van der Waals surface area contributed by atoms with Gasteiger partial charge in [-0.3, -0.25) is 4.79 Å². The fourth-order valence-electron chi connectivity index (χ4n) is 2.85. The minimum atomic E-state index is -0.290. The summed E-state index contributed by atoms with van der Waals surface area (Å²) >= 11 is 0. The van der Waals surface area contributed by atoms with Crippen molar-refractivity contribution in [1.29, 1.82) is 0 Å². The van der Waals surface area contributed by atoms with Gasteiger partial charge in [-0.25, -0.2) is 5.43 Å². The number of hydrogen-bond donors (Lipinski definition) is 1. The van der Waals surface area contributed by atoms with Crippen LogP contribution in [0.25, 0.3) is 0 Å². The van der Waals surface area contributed by atoms with Crippen molar-refractivity contribution in [2.45, 2.75) is 40.0 Å². The number of benzene rings is 2.